The lowest BCUT2D eigenvalue weighted by atomic mass is 10.1. The van der Waals surface area contributed by atoms with Crippen molar-refractivity contribution in [2.75, 3.05) is 0 Å². The summed E-state index contributed by atoms with van der Waals surface area (Å²) in [5, 5.41) is 0. The summed E-state index contributed by atoms with van der Waals surface area (Å²) >= 11 is 0. The van der Waals surface area contributed by atoms with E-state index in [0.717, 1.165) is 0 Å². The fraction of sp³-hybridized carbons (Fsp3) is 0.500. The van der Waals surface area contributed by atoms with E-state index in [2.05, 4.69) is 34.1 Å². The largest absolute Gasteiger partial charge is 0.0620 e. The zero-order chi connectivity index (χ0) is 7.72. The molecular formula is C10H15. The second kappa shape index (κ2) is 2.61. The van der Waals surface area contributed by atoms with Crippen molar-refractivity contribution in [2.45, 2.75) is 34.1 Å². The summed E-state index contributed by atoms with van der Waals surface area (Å²) in [5.41, 5.74) is 5.90. The number of hydrogen-bond acceptors (Lipinski definition) is 0. The van der Waals surface area contributed by atoms with Gasteiger partial charge in [0, 0.05) is 6.42 Å². The molecule has 0 spiro atoms. The summed E-state index contributed by atoms with van der Waals surface area (Å²) < 4.78 is 0. The highest BCUT2D eigenvalue weighted by Crippen LogP contribution is 2.31. The minimum atomic E-state index is 1.17. The third kappa shape index (κ3) is 1.03. The van der Waals surface area contributed by atoms with Gasteiger partial charge in [0.05, 0.1) is 0 Å². The first-order chi connectivity index (χ1) is 4.66. The van der Waals surface area contributed by atoms with Crippen LogP contribution in [0.3, 0.4) is 0 Å². The van der Waals surface area contributed by atoms with Crippen molar-refractivity contribution < 1.29 is 0 Å². The Hall–Kier alpha value is -0.520. The van der Waals surface area contributed by atoms with E-state index in [0.29, 0.717) is 0 Å². The van der Waals surface area contributed by atoms with Crippen molar-refractivity contribution in [3.8, 4) is 0 Å². The molecule has 0 heterocycles. The van der Waals surface area contributed by atoms with Crippen LogP contribution in [-0.2, 0) is 0 Å². The first kappa shape index (κ1) is 7.59. The molecule has 0 unspecified atom stereocenters. The Morgan fingerprint density at radius 2 is 1.70 bits per heavy atom. The summed E-state index contributed by atoms with van der Waals surface area (Å²) in [4.78, 5) is 0. The van der Waals surface area contributed by atoms with Gasteiger partial charge in [-0.2, -0.15) is 0 Å². The molecule has 1 radical (unpaired) electrons. The molecule has 0 fully saturated rings. The highest BCUT2D eigenvalue weighted by atomic mass is 14.2. The van der Waals surface area contributed by atoms with Crippen LogP contribution in [0.4, 0.5) is 0 Å². The van der Waals surface area contributed by atoms with Gasteiger partial charge in [0.1, 0.15) is 0 Å². The van der Waals surface area contributed by atoms with Gasteiger partial charge in [-0.05, 0) is 38.3 Å². The third-order valence-corrected chi connectivity index (χ3v) is 2.41. The number of allylic oxidation sites excluding steroid dienone is 4. The average molecular weight is 135 g/mol. The van der Waals surface area contributed by atoms with Crippen LogP contribution >= 0.6 is 0 Å². The Kier molecular flexibility index (Phi) is 1.98. The van der Waals surface area contributed by atoms with E-state index >= 15 is 0 Å². The predicted molar refractivity (Wildman–Crippen MR) is 45.7 cm³/mol. The lowest BCUT2D eigenvalue weighted by Gasteiger charge is -1.98. The lowest BCUT2D eigenvalue weighted by molar-refractivity contribution is 1.10. The van der Waals surface area contributed by atoms with E-state index in [1.807, 2.05) is 0 Å². The van der Waals surface area contributed by atoms with E-state index in [1.54, 1.807) is 0 Å². The van der Waals surface area contributed by atoms with Gasteiger partial charge in [-0.25, -0.2) is 0 Å². The Bertz CT molecular complexity index is 204. The summed E-state index contributed by atoms with van der Waals surface area (Å²) in [6.07, 6.45) is 3.46. The first-order valence-corrected chi connectivity index (χ1v) is 3.89. The average Bonchev–Trinajstić information content (AvgIpc) is 2.17. The molecule has 1 aliphatic carbocycles. The molecule has 1 rings (SSSR count). The van der Waals surface area contributed by atoms with Gasteiger partial charge in [-0.15, -0.1) is 0 Å². The van der Waals surface area contributed by atoms with Gasteiger partial charge in [-0.3, -0.25) is 0 Å². The van der Waals surface area contributed by atoms with Crippen LogP contribution in [-0.4, -0.2) is 0 Å². The van der Waals surface area contributed by atoms with Crippen molar-refractivity contribution in [1.82, 2.24) is 0 Å². The third-order valence-electron chi connectivity index (χ3n) is 2.41. The summed E-state index contributed by atoms with van der Waals surface area (Å²) in [6, 6.07) is 0. The molecule has 0 bridgehead atoms. The molecule has 0 nitrogen and oxygen atoms in total. The first-order valence-electron chi connectivity index (χ1n) is 3.89. The zero-order valence-corrected chi connectivity index (χ0v) is 7.28. The van der Waals surface area contributed by atoms with E-state index in [1.165, 1.54) is 28.7 Å². The molecule has 0 atom stereocenters. The minimum Gasteiger partial charge on any atom is -0.0620 e. The molecule has 0 saturated carbocycles. The minimum absolute atomic E-state index is 1.17. The summed E-state index contributed by atoms with van der Waals surface area (Å²) in [7, 11) is 0. The lowest BCUT2D eigenvalue weighted by Crippen LogP contribution is -1.79. The fourth-order valence-corrected chi connectivity index (χ4v) is 1.38. The van der Waals surface area contributed by atoms with Gasteiger partial charge in [0.15, 0.2) is 0 Å². The molecule has 1 aliphatic rings. The quantitative estimate of drug-likeness (QED) is 0.517. The second-order valence-corrected chi connectivity index (χ2v) is 2.96. The highest BCUT2D eigenvalue weighted by Gasteiger charge is 2.13. The fourth-order valence-electron chi connectivity index (χ4n) is 1.38. The Morgan fingerprint density at radius 1 is 1.10 bits per heavy atom. The SMILES string of the molecule is CCC1=C(C)C(C)=C(C)[CH]1. The van der Waals surface area contributed by atoms with Crippen LogP contribution < -0.4 is 0 Å². The smallest absolute Gasteiger partial charge is 0.0119 e. The summed E-state index contributed by atoms with van der Waals surface area (Å²) in [5.74, 6) is 0. The van der Waals surface area contributed by atoms with Crippen LogP contribution in [0, 0.1) is 6.42 Å². The van der Waals surface area contributed by atoms with Gasteiger partial charge >= 0.3 is 0 Å². The zero-order valence-electron chi connectivity index (χ0n) is 7.28. The van der Waals surface area contributed by atoms with Crippen LogP contribution in [0.15, 0.2) is 22.3 Å². The molecule has 0 heteroatoms. The van der Waals surface area contributed by atoms with Gasteiger partial charge in [0.2, 0.25) is 0 Å². The predicted octanol–water partition coefficient (Wildman–Crippen LogP) is 3.27. The van der Waals surface area contributed by atoms with Gasteiger partial charge in [-0.1, -0.05) is 18.1 Å². The second-order valence-electron chi connectivity index (χ2n) is 2.96. The molecule has 0 aromatic carbocycles. The monoisotopic (exact) mass is 135 g/mol. The van der Waals surface area contributed by atoms with Crippen LogP contribution in [0.2, 0.25) is 0 Å². The normalized spacial score (nSPS) is 19.2. The molecule has 0 aromatic rings. The topological polar surface area (TPSA) is 0 Å². The van der Waals surface area contributed by atoms with Crippen LogP contribution in [0.1, 0.15) is 34.1 Å². The van der Waals surface area contributed by atoms with Gasteiger partial charge in [0.25, 0.3) is 0 Å². The molecule has 0 saturated heterocycles. The molecule has 10 heavy (non-hydrogen) atoms. The molecule has 0 N–H and O–H groups in total. The van der Waals surface area contributed by atoms with E-state index in [4.69, 9.17) is 0 Å². The van der Waals surface area contributed by atoms with E-state index in [9.17, 15) is 0 Å². The van der Waals surface area contributed by atoms with Crippen molar-refractivity contribution in [3.05, 3.63) is 28.7 Å². The van der Waals surface area contributed by atoms with E-state index in [-0.39, 0.29) is 0 Å². The van der Waals surface area contributed by atoms with Crippen LogP contribution in [0.5, 0.6) is 0 Å². The maximum absolute atomic E-state index is 2.30. The number of rotatable bonds is 1. The van der Waals surface area contributed by atoms with Crippen molar-refractivity contribution in [1.29, 1.82) is 0 Å². The maximum atomic E-state index is 2.30. The molecule has 0 amide bonds. The number of hydrogen-bond donors (Lipinski definition) is 0. The molecule has 0 aromatic heterocycles. The van der Waals surface area contributed by atoms with Crippen molar-refractivity contribution >= 4 is 0 Å². The van der Waals surface area contributed by atoms with Gasteiger partial charge < -0.3 is 0 Å². The Balaban J connectivity index is 2.89. The Labute approximate surface area is 63.6 Å². The molecule has 0 aliphatic heterocycles. The van der Waals surface area contributed by atoms with Crippen molar-refractivity contribution in [3.63, 3.8) is 0 Å². The maximum Gasteiger partial charge on any atom is 0.0119 e. The molecular weight excluding hydrogens is 120 g/mol. The van der Waals surface area contributed by atoms with Crippen LogP contribution in [0.25, 0.3) is 0 Å². The Morgan fingerprint density at radius 3 is 1.90 bits per heavy atom. The molecule has 55 valence electrons. The van der Waals surface area contributed by atoms with E-state index < -0.39 is 0 Å². The summed E-state index contributed by atoms with van der Waals surface area (Å²) in [6.45, 7) is 8.80. The standard InChI is InChI=1S/C10H15/c1-5-10-6-7(2)8(3)9(10)4/h6H,5H2,1-4H3. The highest BCUT2D eigenvalue weighted by molar-refractivity contribution is 5.51. The van der Waals surface area contributed by atoms with Crippen molar-refractivity contribution in [2.24, 2.45) is 0 Å².